The van der Waals surface area contributed by atoms with Gasteiger partial charge in [0.1, 0.15) is 28.8 Å². The van der Waals surface area contributed by atoms with Gasteiger partial charge >= 0.3 is 0 Å². The van der Waals surface area contributed by atoms with Crippen LogP contribution in [0.2, 0.25) is 0 Å². The van der Waals surface area contributed by atoms with Crippen LogP contribution in [-0.2, 0) is 19.6 Å². The number of halogens is 1. The van der Waals surface area contributed by atoms with Crippen molar-refractivity contribution in [2.24, 2.45) is 0 Å². The van der Waals surface area contributed by atoms with Crippen molar-refractivity contribution in [1.82, 2.24) is 9.55 Å². The Morgan fingerprint density at radius 1 is 1.25 bits per heavy atom. The van der Waals surface area contributed by atoms with Gasteiger partial charge in [0.2, 0.25) is 0 Å². The lowest BCUT2D eigenvalue weighted by molar-refractivity contribution is 0.103. The van der Waals surface area contributed by atoms with E-state index in [4.69, 9.17) is 4.74 Å². The van der Waals surface area contributed by atoms with Crippen molar-refractivity contribution in [3.8, 4) is 5.75 Å². The van der Waals surface area contributed by atoms with Crippen LogP contribution in [-0.4, -0.2) is 15.5 Å². The second-order valence-electron chi connectivity index (χ2n) is 7.73. The van der Waals surface area contributed by atoms with Crippen LogP contribution in [0.25, 0.3) is 10.2 Å². The first-order chi connectivity index (χ1) is 15.5. The molecule has 0 bridgehead atoms. The van der Waals surface area contributed by atoms with Gasteiger partial charge in [-0.3, -0.25) is 14.2 Å². The van der Waals surface area contributed by atoms with Crippen molar-refractivity contribution >= 4 is 33.1 Å². The van der Waals surface area contributed by atoms with E-state index in [2.05, 4.69) is 10.3 Å². The van der Waals surface area contributed by atoms with Crippen molar-refractivity contribution in [3.05, 3.63) is 86.5 Å². The Balaban J connectivity index is 1.36. The third kappa shape index (κ3) is 3.78. The number of nitrogens with zero attached hydrogens (tertiary/aromatic N) is 2. The Morgan fingerprint density at radius 2 is 2.09 bits per heavy atom. The number of thiophene rings is 1. The van der Waals surface area contributed by atoms with Crippen molar-refractivity contribution in [3.63, 3.8) is 0 Å². The standard InChI is InChI=1S/C24H20FN3O3S/c1-14-20-23(27-19-9-4-10-28(19)24(20)30)32-21(14)22(29)26-17-7-2-5-15(11-17)13-31-18-8-3-6-16(25)12-18/h2-3,5-8,11-12H,4,9-10,13H2,1H3,(H,26,29). The number of rotatable bonds is 5. The van der Waals surface area contributed by atoms with E-state index in [9.17, 15) is 14.0 Å². The zero-order valence-corrected chi connectivity index (χ0v) is 18.2. The lowest BCUT2D eigenvalue weighted by Crippen LogP contribution is -2.20. The number of anilines is 1. The topological polar surface area (TPSA) is 73.2 Å². The van der Waals surface area contributed by atoms with Gasteiger partial charge in [-0.15, -0.1) is 11.3 Å². The highest BCUT2D eigenvalue weighted by Gasteiger charge is 2.23. The van der Waals surface area contributed by atoms with Gasteiger partial charge < -0.3 is 10.1 Å². The minimum absolute atomic E-state index is 0.0632. The van der Waals surface area contributed by atoms with Gasteiger partial charge in [0.15, 0.2) is 0 Å². The summed E-state index contributed by atoms with van der Waals surface area (Å²) in [4.78, 5) is 31.6. The number of ether oxygens (including phenoxy) is 1. The molecule has 3 heterocycles. The van der Waals surface area contributed by atoms with E-state index in [0.29, 0.717) is 38.6 Å². The fourth-order valence-electron chi connectivity index (χ4n) is 3.94. The van der Waals surface area contributed by atoms with Crippen LogP contribution in [0.15, 0.2) is 53.3 Å². The Bertz CT molecular complexity index is 1410. The summed E-state index contributed by atoms with van der Waals surface area (Å²) in [6.07, 6.45) is 1.71. The molecule has 0 saturated carbocycles. The monoisotopic (exact) mass is 449 g/mol. The molecule has 1 aliphatic rings. The normalized spacial score (nSPS) is 12.7. The first-order valence-electron chi connectivity index (χ1n) is 10.3. The largest absolute Gasteiger partial charge is 0.489 e. The zero-order chi connectivity index (χ0) is 22.2. The molecule has 0 aliphatic carbocycles. The number of amides is 1. The van der Waals surface area contributed by atoms with E-state index >= 15 is 0 Å². The van der Waals surface area contributed by atoms with Gasteiger partial charge in [-0.2, -0.15) is 0 Å². The van der Waals surface area contributed by atoms with Crippen molar-refractivity contribution in [1.29, 1.82) is 0 Å². The minimum atomic E-state index is -0.360. The highest BCUT2D eigenvalue weighted by atomic mass is 32.1. The first-order valence-corrected chi connectivity index (χ1v) is 11.1. The fraction of sp³-hybridized carbons (Fsp3) is 0.208. The molecule has 4 aromatic rings. The Kier molecular flexibility index (Phi) is 5.22. The maximum atomic E-state index is 13.3. The average Bonchev–Trinajstić information content (AvgIpc) is 3.38. The lowest BCUT2D eigenvalue weighted by atomic mass is 10.2. The van der Waals surface area contributed by atoms with E-state index in [-0.39, 0.29) is 23.9 Å². The summed E-state index contributed by atoms with van der Waals surface area (Å²) >= 11 is 1.25. The molecule has 162 valence electrons. The molecule has 2 aromatic heterocycles. The van der Waals surface area contributed by atoms with Gasteiger partial charge in [-0.05, 0) is 48.7 Å². The molecule has 0 atom stereocenters. The predicted octanol–water partition coefficient (Wildman–Crippen LogP) is 4.68. The molecule has 1 N–H and O–H groups in total. The number of hydrogen-bond donors (Lipinski definition) is 1. The maximum absolute atomic E-state index is 13.3. The van der Waals surface area contributed by atoms with Crippen LogP contribution >= 0.6 is 11.3 Å². The summed E-state index contributed by atoms with van der Waals surface area (Å²) in [5.74, 6) is 0.590. The molecular formula is C24H20FN3O3S. The zero-order valence-electron chi connectivity index (χ0n) is 17.4. The Morgan fingerprint density at radius 3 is 2.94 bits per heavy atom. The fourth-order valence-corrected chi connectivity index (χ4v) is 5.03. The van der Waals surface area contributed by atoms with Gasteiger partial charge in [-0.25, -0.2) is 9.37 Å². The van der Waals surface area contributed by atoms with Crippen molar-refractivity contribution in [2.45, 2.75) is 32.9 Å². The van der Waals surface area contributed by atoms with Crippen LogP contribution in [0.3, 0.4) is 0 Å². The number of fused-ring (bicyclic) bond motifs is 2. The molecule has 1 aliphatic heterocycles. The molecule has 0 radical (unpaired) electrons. The molecule has 6 nitrogen and oxygen atoms in total. The van der Waals surface area contributed by atoms with Gasteiger partial charge in [-0.1, -0.05) is 18.2 Å². The third-order valence-corrected chi connectivity index (χ3v) is 6.69. The van der Waals surface area contributed by atoms with E-state index in [0.717, 1.165) is 24.2 Å². The molecule has 0 unspecified atom stereocenters. The van der Waals surface area contributed by atoms with E-state index < -0.39 is 0 Å². The predicted molar refractivity (Wildman–Crippen MR) is 122 cm³/mol. The molecule has 0 fully saturated rings. The highest BCUT2D eigenvalue weighted by molar-refractivity contribution is 7.20. The van der Waals surface area contributed by atoms with E-state index in [1.807, 2.05) is 18.2 Å². The summed E-state index contributed by atoms with van der Waals surface area (Å²) in [6, 6.07) is 13.2. The van der Waals surface area contributed by atoms with Gasteiger partial charge in [0.05, 0.1) is 10.3 Å². The summed E-state index contributed by atoms with van der Waals surface area (Å²) < 4.78 is 20.7. The number of carbonyl (C=O) groups excluding carboxylic acids is 1. The van der Waals surface area contributed by atoms with Gasteiger partial charge in [0, 0.05) is 24.7 Å². The SMILES string of the molecule is Cc1c(C(=O)Nc2cccc(COc3cccc(F)c3)c2)sc2nc3n(c(=O)c12)CCC3. The van der Waals surface area contributed by atoms with Gasteiger partial charge in [0.25, 0.3) is 11.5 Å². The summed E-state index contributed by atoms with van der Waals surface area (Å²) in [7, 11) is 0. The quantitative estimate of drug-likeness (QED) is 0.480. The third-order valence-electron chi connectivity index (χ3n) is 5.50. The molecular weight excluding hydrogens is 429 g/mol. The van der Waals surface area contributed by atoms with Crippen molar-refractivity contribution < 1.29 is 13.9 Å². The maximum Gasteiger partial charge on any atom is 0.266 e. The minimum Gasteiger partial charge on any atom is -0.489 e. The van der Waals surface area contributed by atoms with Crippen LogP contribution in [0.5, 0.6) is 5.75 Å². The van der Waals surface area contributed by atoms with Crippen LogP contribution in [0, 0.1) is 12.7 Å². The molecule has 0 saturated heterocycles. The molecule has 2 aromatic carbocycles. The van der Waals surface area contributed by atoms with E-state index in [1.54, 1.807) is 29.7 Å². The lowest BCUT2D eigenvalue weighted by Gasteiger charge is -2.09. The summed E-state index contributed by atoms with van der Waals surface area (Å²) in [6.45, 7) is 2.71. The summed E-state index contributed by atoms with van der Waals surface area (Å²) in [5.41, 5.74) is 2.04. The van der Waals surface area contributed by atoms with E-state index in [1.165, 1.54) is 23.5 Å². The molecule has 5 rings (SSSR count). The van der Waals surface area contributed by atoms with Crippen LogP contribution in [0.1, 0.15) is 33.0 Å². The second-order valence-corrected chi connectivity index (χ2v) is 8.72. The Hall–Kier alpha value is -3.52. The summed E-state index contributed by atoms with van der Waals surface area (Å²) in [5, 5.41) is 3.43. The number of aryl methyl sites for hydroxylation is 2. The van der Waals surface area contributed by atoms with Crippen LogP contribution < -0.4 is 15.6 Å². The number of aromatic nitrogens is 2. The smallest absolute Gasteiger partial charge is 0.266 e. The molecule has 32 heavy (non-hydrogen) atoms. The number of carbonyl (C=O) groups is 1. The first kappa shape index (κ1) is 20.4. The number of hydrogen-bond acceptors (Lipinski definition) is 5. The van der Waals surface area contributed by atoms with Crippen molar-refractivity contribution in [2.75, 3.05) is 5.32 Å². The second kappa shape index (κ2) is 8.20. The number of benzene rings is 2. The molecule has 8 heteroatoms. The molecule has 0 spiro atoms. The average molecular weight is 450 g/mol. The number of nitrogens with one attached hydrogen (secondary N) is 1. The van der Waals surface area contributed by atoms with Crippen LogP contribution in [0.4, 0.5) is 10.1 Å². The molecule has 1 amide bonds. The Labute approximate surface area is 187 Å². The highest BCUT2D eigenvalue weighted by Crippen LogP contribution is 2.29.